The summed E-state index contributed by atoms with van der Waals surface area (Å²) >= 11 is 0. The van der Waals surface area contributed by atoms with Crippen molar-refractivity contribution in [2.75, 3.05) is 42.7 Å². The normalized spacial score (nSPS) is 16.0. The number of hydrogen-bond donors (Lipinski definition) is 0. The van der Waals surface area contributed by atoms with Gasteiger partial charge >= 0.3 is 11.9 Å². The molecule has 0 unspecified atom stereocenters. The molecule has 0 fully saturated rings. The average Bonchev–Trinajstić information content (AvgIpc) is 2.51. The van der Waals surface area contributed by atoms with Crippen LogP contribution in [0.4, 0.5) is 0 Å². The van der Waals surface area contributed by atoms with Crippen molar-refractivity contribution < 1.29 is 38.0 Å². The molecule has 0 N–H and O–H groups in total. The zero-order valence-corrected chi connectivity index (χ0v) is 12.8. The van der Waals surface area contributed by atoms with Gasteiger partial charge in [-0.3, -0.25) is 0 Å². The summed E-state index contributed by atoms with van der Waals surface area (Å²) in [7, 11) is 7.66. The van der Waals surface area contributed by atoms with Gasteiger partial charge in [0.1, 0.15) is 11.1 Å². The molecule has 21 heavy (non-hydrogen) atoms. The van der Waals surface area contributed by atoms with Crippen LogP contribution < -0.4 is 0 Å². The van der Waals surface area contributed by atoms with Crippen molar-refractivity contribution in [2.24, 2.45) is 0 Å². The molecule has 0 saturated heterocycles. The smallest absolute Gasteiger partial charge is 0.340 e. The Balaban J connectivity index is 3.69. The first-order valence-corrected chi connectivity index (χ1v) is 5.83. The van der Waals surface area contributed by atoms with Crippen LogP contribution in [0.5, 0.6) is 0 Å². The molecular weight excluding hydrogens is 284 g/mol. The van der Waals surface area contributed by atoms with Crippen molar-refractivity contribution in [3.63, 3.8) is 0 Å². The molecule has 0 spiro atoms. The Kier molecular flexibility index (Phi) is 5.34. The lowest BCUT2D eigenvalue weighted by atomic mass is 9.76. The van der Waals surface area contributed by atoms with Crippen LogP contribution in [-0.2, 0) is 38.0 Å². The number of ether oxygens (including phenoxy) is 6. The maximum absolute atomic E-state index is 12.0. The van der Waals surface area contributed by atoms with Crippen LogP contribution in [0.25, 0.3) is 0 Å². The highest BCUT2D eigenvalue weighted by atomic mass is 16.7. The molecule has 0 aliphatic heterocycles. The van der Waals surface area contributed by atoms with E-state index in [2.05, 4.69) is 9.47 Å². The predicted octanol–water partition coefficient (Wildman–Crippen LogP) is 0.136. The Labute approximate surface area is 122 Å². The minimum absolute atomic E-state index is 0.0354. The number of rotatable bonds is 6. The molecule has 1 aliphatic carbocycles. The van der Waals surface area contributed by atoms with E-state index in [4.69, 9.17) is 18.9 Å². The third-order valence-electron chi connectivity index (χ3n) is 3.09. The van der Waals surface area contributed by atoms with E-state index >= 15 is 0 Å². The number of carbonyl (C=O) groups excluding carboxylic acids is 2. The van der Waals surface area contributed by atoms with E-state index < -0.39 is 17.7 Å². The van der Waals surface area contributed by atoms with Gasteiger partial charge in [-0.1, -0.05) is 0 Å². The molecule has 1 rings (SSSR count). The highest BCUT2D eigenvalue weighted by Gasteiger charge is 2.61. The lowest BCUT2D eigenvalue weighted by Gasteiger charge is -2.42. The second kappa shape index (κ2) is 6.59. The second-order valence-electron chi connectivity index (χ2n) is 3.83. The third kappa shape index (κ3) is 2.36. The van der Waals surface area contributed by atoms with Crippen molar-refractivity contribution in [2.45, 2.75) is 5.79 Å². The first kappa shape index (κ1) is 17.0. The van der Waals surface area contributed by atoms with Crippen LogP contribution in [0, 0.1) is 0 Å². The first-order valence-electron chi connectivity index (χ1n) is 5.83. The minimum Gasteiger partial charge on any atom is -0.468 e. The second-order valence-corrected chi connectivity index (χ2v) is 3.83. The standard InChI is InChI=1S/C13H18O8/c1-16-10(14)7-8(11(15)17-2)13(20-5,21-6)9(7)12(18-3)19-4/h1-6H3. The van der Waals surface area contributed by atoms with E-state index in [9.17, 15) is 9.59 Å². The van der Waals surface area contributed by atoms with E-state index in [0.717, 1.165) is 0 Å². The molecule has 0 bridgehead atoms. The summed E-state index contributed by atoms with van der Waals surface area (Å²) in [5.74, 6) is -3.21. The Morgan fingerprint density at radius 2 is 1.24 bits per heavy atom. The molecule has 0 heterocycles. The van der Waals surface area contributed by atoms with Gasteiger partial charge in [0, 0.05) is 14.2 Å². The van der Waals surface area contributed by atoms with Gasteiger partial charge in [0.05, 0.1) is 34.0 Å². The van der Waals surface area contributed by atoms with Crippen LogP contribution in [0.2, 0.25) is 0 Å². The summed E-state index contributed by atoms with van der Waals surface area (Å²) in [5.41, 5.74) is -0.0834. The van der Waals surface area contributed by atoms with Crippen LogP contribution in [0.3, 0.4) is 0 Å². The van der Waals surface area contributed by atoms with Crippen LogP contribution in [0.1, 0.15) is 0 Å². The van der Waals surface area contributed by atoms with Gasteiger partial charge in [0.25, 0.3) is 5.95 Å². The van der Waals surface area contributed by atoms with Crippen molar-refractivity contribution >= 4 is 11.9 Å². The summed E-state index contributed by atoms with van der Waals surface area (Å²) in [6.45, 7) is 0. The Hall–Kier alpha value is -2.06. The van der Waals surface area contributed by atoms with Crippen LogP contribution in [0.15, 0.2) is 22.7 Å². The number of carbonyl (C=O) groups is 2. The summed E-state index contributed by atoms with van der Waals surface area (Å²) in [6.07, 6.45) is 0. The largest absolute Gasteiger partial charge is 0.468 e. The van der Waals surface area contributed by atoms with Crippen molar-refractivity contribution in [1.82, 2.24) is 0 Å². The molecule has 0 saturated carbocycles. The van der Waals surface area contributed by atoms with E-state index in [1.807, 2.05) is 0 Å². The summed E-state index contributed by atoms with van der Waals surface area (Å²) in [4.78, 5) is 23.9. The summed E-state index contributed by atoms with van der Waals surface area (Å²) < 4.78 is 30.0. The van der Waals surface area contributed by atoms with E-state index in [1.165, 1.54) is 42.7 Å². The highest BCUT2D eigenvalue weighted by Crippen LogP contribution is 2.49. The maximum atomic E-state index is 12.0. The zero-order chi connectivity index (χ0) is 16.2. The zero-order valence-electron chi connectivity index (χ0n) is 12.8. The fraction of sp³-hybridized carbons (Fsp3) is 0.538. The Morgan fingerprint density at radius 3 is 1.57 bits per heavy atom. The monoisotopic (exact) mass is 302 g/mol. The van der Waals surface area contributed by atoms with Crippen LogP contribution in [-0.4, -0.2) is 60.4 Å². The SMILES string of the molecule is COC(=O)C1=C(C(=O)OC)C(OC)(OC)C1=C(OC)OC. The number of methoxy groups -OCH3 is 6. The molecule has 0 radical (unpaired) electrons. The lowest BCUT2D eigenvalue weighted by molar-refractivity contribution is -0.180. The molecule has 0 amide bonds. The number of hydrogen-bond acceptors (Lipinski definition) is 8. The molecule has 0 aromatic carbocycles. The highest BCUT2D eigenvalue weighted by molar-refractivity contribution is 6.10. The molecule has 0 atom stereocenters. The van der Waals surface area contributed by atoms with Gasteiger partial charge in [0.15, 0.2) is 0 Å². The van der Waals surface area contributed by atoms with Gasteiger partial charge in [-0.2, -0.15) is 0 Å². The molecule has 8 heteroatoms. The molecule has 0 aromatic rings. The van der Waals surface area contributed by atoms with Gasteiger partial charge < -0.3 is 28.4 Å². The van der Waals surface area contributed by atoms with Gasteiger partial charge in [-0.15, -0.1) is 0 Å². The molecular formula is C13H18O8. The minimum atomic E-state index is -1.63. The molecule has 118 valence electrons. The van der Waals surface area contributed by atoms with E-state index in [0.29, 0.717) is 0 Å². The summed E-state index contributed by atoms with van der Waals surface area (Å²) in [5, 5.41) is 0. The Morgan fingerprint density at radius 1 is 0.762 bits per heavy atom. The molecule has 0 aromatic heterocycles. The quantitative estimate of drug-likeness (QED) is 0.389. The van der Waals surface area contributed by atoms with Gasteiger partial charge in [0.2, 0.25) is 5.79 Å². The average molecular weight is 302 g/mol. The van der Waals surface area contributed by atoms with E-state index in [1.54, 1.807) is 0 Å². The van der Waals surface area contributed by atoms with Crippen molar-refractivity contribution in [3.8, 4) is 0 Å². The first-order chi connectivity index (χ1) is 9.98. The van der Waals surface area contributed by atoms with Crippen molar-refractivity contribution in [1.29, 1.82) is 0 Å². The van der Waals surface area contributed by atoms with Crippen molar-refractivity contribution in [3.05, 3.63) is 22.7 Å². The van der Waals surface area contributed by atoms with Gasteiger partial charge in [-0.05, 0) is 0 Å². The topological polar surface area (TPSA) is 89.5 Å². The maximum Gasteiger partial charge on any atom is 0.340 e. The van der Waals surface area contributed by atoms with Gasteiger partial charge in [-0.25, -0.2) is 9.59 Å². The third-order valence-corrected chi connectivity index (χ3v) is 3.09. The molecule has 8 nitrogen and oxygen atoms in total. The van der Waals surface area contributed by atoms with E-state index in [-0.39, 0.29) is 22.7 Å². The fourth-order valence-corrected chi connectivity index (χ4v) is 2.18. The Bertz CT molecular complexity index is 492. The van der Waals surface area contributed by atoms with Crippen LogP contribution >= 0.6 is 0 Å². The lowest BCUT2D eigenvalue weighted by Crippen LogP contribution is -2.53. The number of esters is 2. The summed E-state index contributed by atoms with van der Waals surface area (Å²) in [6, 6.07) is 0. The predicted molar refractivity (Wildman–Crippen MR) is 68.9 cm³/mol. The molecule has 1 aliphatic rings. The fourth-order valence-electron chi connectivity index (χ4n) is 2.18.